The summed E-state index contributed by atoms with van der Waals surface area (Å²) in [5.74, 6) is 0.113. The number of amides is 2. The number of fused-ring (bicyclic) bond motifs is 2. The summed E-state index contributed by atoms with van der Waals surface area (Å²) in [7, 11) is 1.61. The molecule has 0 radical (unpaired) electrons. The number of nitrogens with zero attached hydrogens (tertiary/aromatic N) is 1. The highest BCUT2D eigenvalue weighted by molar-refractivity contribution is 6.03. The van der Waals surface area contributed by atoms with Crippen LogP contribution in [-0.2, 0) is 22.6 Å². The van der Waals surface area contributed by atoms with Crippen molar-refractivity contribution in [1.29, 1.82) is 0 Å². The number of rotatable bonds is 6. The Morgan fingerprint density at radius 2 is 2.00 bits per heavy atom. The van der Waals surface area contributed by atoms with E-state index in [1.54, 1.807) is 25.3 Å². The van der Waals surface area contributed by atoms with Crippen LogP contribution in [0.2, 0.25) is 0 Å². The van der Waals surface area contributed by atoms with Crippen LogP contribution in [0.4, 0.5) is 15.8 Å². The quantitative estimate of drug-likeness (QED) is 0.373. The van der Waals surface area contributed by atoms with Gasteiger partial charge in [-0.25, -0.2) is 4.39 Å². The van der Waals surface area contributed by atoms with Gasteiger partial charge in [0.25, 0.3) is 0 Å². The smallest absolute Gasteiger partial charge is 0.248 e. The number of carbonyl (C=O) groups excluding carboxylic acids is 2. The maximum atomic E-state index is 13.8. The summed E-state index contributed by atoms with van der Waals surface area (Å²) in [4.78, 5) is 24.4. The molecule has 0 spiro atoms. The van der Waals surface area contributed by atoms with Crippen molar-refractivity contribution in [3.05, 3.63) is 95.4 Å². The number of aromatic nitrogens is 1. The van der Waals surface area contributed by atoms with E-state index in [1.807, 2.05) is 47.0 Å². The monoisotopic (exact) mass is 469 g/mol. The lowest BCUT2D eigenvalue weighted by Gasteiger charge is -2.17. The second-order valence-corrected chi connectivity index (χ2v) is 8.45. The van der Waals surface area contributed by atoms with Gasteiger partial charge in [-0.3, -0.25) is 9.59 Å². The average Bonchev–Trinajstić information content (AvgIpc) is 3.18. The van der Waals surface area contributed by atoms with Crippen molar-refractivity contribution in [1.82, 2.24) is 4.57 Å². The Balaban J connectivity index is 1.41. The SMILES string of the molecule is COc1ccc2c(c1)cc(/C=C/C(=O)Nc1ccc3c(c1)NC(=O)CC3)n2Cc1cccc(F)c1. The van der Waals surface area contributed by atoms with E-state index in [-0.39, 0.29) is 17.6 Å². The minimum Gasteiger partial charge on any atom is -0.497 e. The molecule has 0 fully saturated rings. The standard InChI is InChI=1S/C28H24FN3O3/c1-35-24-9-10-26-20(15-24)14-23(32(26)17-18-3-2-4-21(29)13-18)8-12-27(33)30-22-7-5-19-6-11-28(34)31-25(19)16-22/h2-5,7-10,12-16H,6,11,17H2,1H3,(H,30,33)(H,31,34)/b12-8+. The highest BCUT2D eigenvalue weighted by Gasteiger charge is 2.15. The summed E-state index contributed by atoms with van der Waals surface area (Å²) in [5, 5.41) is 6.64. The summed E-state index contributed by atoms with van der Waals surface area (Å²) in [6.45, 7) is 0.444. The zero-order valence-electron chi connectivity index (χ0n) is 19.2. The normalized spacial score (nSPS) is 13.0. The van der Waals surface area contributed by atoms with Crippen molar-refractivity contribution < 1.29 is 18.7 Å². The van der Waals surface area contributed by atoms with Crippen LogP contribution >= 0.6 is 0 Å². The maximum Gasteiger partial charge on any atom is 0.248 e. The van der Waals surface area contributed by atoms with Gasteiger partial charge in [-0.1, -0.05) is 18.2 Å². The summed E-state index contributed by atoms with van der Waals surface area (Å²) in [6, 6.07) is 19.7. The lowest BCUT2D eigenvalue weighted by atomic mass is 10.0. The Hall–Kier alpha value is -4.39. The van der Waals surface area contributed by atoms with E-state index in [9.17, 15) is 14.0 Å². The molecule has 1 aromatic heterocycles. The molecule has 0 saturated heterocycles. The summed E-state index contributed by atoms with van der Waals surface area (Å²) >= 11 is 0. The van der Waals surface area contributed by atoms with Crippen molar-refractivity contribution in [2.75, 3.05) is 17.7 Å². The first-order valence-corrected chi connectivity index (χ1v) is 11.3. The molecule has 4 aromatic rings. The first-order chi connectivity index (χ1) is 17.0. The minimum absolute atomic E-state index is 0.0244. The molecule has 2 heterocycles. The summed E-state index contributed by atoms with van der Waals surface area (Å²) in [5.41, 5.74) is 4.94. The maximum absolute atomic E-state index is 13.8. The Morgan fingerprint density at radius 1 is 1.11 bits per heavy atom. The number of carbonyl (C=O) groups is 2. The number of ether oxygens (including phenoxy) is 1. The lowest BCUT2D eigenvalue weighted by molar-refractivity contribution is -0.116. The molecular formula is C28H24FN3O3. The van der Waals surface area contributed by atoms with Gasteiger partial charge < -0.3 is 19.9 Å². The zero-order valence-corrected chi connectivity index (χ0v) is 19.2. The molecule has 1 aliphatic heterocycles. The van der Waals surface area contributed by atoms with Gasteiger partial charge in [0.2, 0.25) is 11.8 Å². The number of aryl methyl sites for hydroxylation is 1. The molecule has 0 atom stereocenters. The number of benzene rings is 3. The first kappa shape index (κ1) is 22.4. The van der Waals surface area contributed by atoms with E-state index in [0.29, 0.717) is 25.1 Å². The second kappa shape index (κ2) is 9.46. The third-order valence-electron chi connectivity index (χ3n) is 6.05. The van der Waals surface area contributed by atoms with Gasteiger partial charge in [-0.2, -0.15) is 0 Å². The van der Waals surface area contributed by atoms with Crippen LogP contribution < -0.4 is 15.4 Å². The van der Waals surface area contributed by atoms with Crippen LogP contribution in [0.3, 0.4) is 0 Å². The van der Waals surface area contributed by atoms with Gasteiger partial charge in [-0.05, 0) is 72.2 Å². The highest BCUT2D eigenvalue weighted by atomic mass is 19.1. The van der Waals surface area contributed by atoms with Crippen LogP contribution in [-0.4, -0.2) is 23.5 Å². The molecule has 0 saturated carbocycles. The van der Waals surface area contributed by atoms with E-state index in [0.717, 1.165) is 39.2 Å². The zero-order chi connectivity index (χ0) is 24.4. The van der Waals surface area contributed by atoms with Crippen LogP contribution in [0, 0.1) is 5.82 Å². The fraction of sp³-hybridized carbons (Fsp3) is 0.143. The summed E-state index contributed by atoms with van der Waals surface area (Å²) in [6.07, 6.45) is 4.36. The van der Waals surface area contributed by atoms with Crippen LogP contribution in [0.15, 0.2) is 72.8 Å². The van der Waals surface area contributed by atoms with Crippen molar-refractivity contribution in [2.45, 2.75) is 19.4 Å². The Bertz CT molecular complexity index is 1470. The van der Waals surface area contributed by atoms with Crippen molar-refractivity contribution in [3.63, 3.8) is 0 Å². The molecule has 6 nitrogen and oxygen atoms in total. The van der Waals surface area contributed by atoms with Crippen molar-refractivity contribution in [2.24, 2.45) is 0 Å². The van der Waals surface area contributed by atoms with Gasteiger partial charge in [-0.15, -0.1) is 0 Å². The fourth-order valence-corrected chi connectivity index (χ4v) is 4.32. The number of hydrogen-bond acceptors (Lipinski definition) is 3. The molecule has 176 valence electrons. The molecule has 7 heteroatoms. The molecule has 3 aromatic carbocycles. The number of nitrogens with one attached hydrogen (secondary N) is 2. The average molecular weight is 470 g/mol. The molecule has 0 bridgehead atoms. The summed E-state index contributed by atoms with van der Waals surface area (Å²) < 4.78 is 21.2. The Kier molecular flexibility index (Phi) is 6.06. The molecule has 1 aliphatic rings. The van der Waals surface area contributed by atoms with E-state index < -0.39 is 0 Å². The number of hydrogen-bond donors (Lipinski definition) is 2. The van der Waals surface area contributed by atoms with E-state index in [1.165, 1.54) is 18.2 Å². The molecule has 2 amide bonds. The van der Waals surface area contributed by atoms with Gasteiger partial charge in [0.05, 0.1) is 7.11 Å². The number of methoxy groups -OCH3 is 1. The predicted molar refractivity (Wildman–Crippen MR) is 135 cm³/mol. The number of anilines is 2. The predicted octanol–water partition coefficient (Wildman–Crippen LogP) is 5.37. The highest BCUT2D eigenvalue weighted by Crippen LogP contribution is 2.28. The third kappa shape index (κ3) is 4.94. The first-order valence-electron chi connectivity index (χ1n) is 11.3. The minimum atomic E-state index is -0.299. The van der Waals surface area contributed by atoms with Crippen LogP contribution in [0.5, 0.6) is 5.75 Å². The Labute approximate surface area is 202 Å². The fourth-order valence-electron chi connectivity index (χ4n) is 4.32. The van der Waals surface area contributed by atoms with Crippen LogP contribution in [0.1, 0.15) is 23.2 Å². The van der Waals surface area contributed by atoms with E-state index in [2.05, 4.69) is 10.6 Å². The third-order valence-corrected chi connectivity index (χ3v) is 6.05. The molecule has 5 rings (SSSR count). The molecule has 0 aliphatic carbocycles. The van der Waals surface area contributed by atoms with Crippen molar-refractivity contribution >= 4 is 40.2 Å². The second-order valence-electron chi connectivity index (χ2n) is 8.45. The lowest BCUT2D eigenvalue weighted by Crippen LogP contribution is -2.19. The molecular weight excluding hydrogens is 445 g/mol. The molecule has 35 heavy (non-hydrogen) atoms. The largest absolute Gasteiger partial charge is 0.497 e. The van der Waals surface area contributed by atoms with Gasteiger partial charge >= 0.3 is 0 Å². The van der Waals surface area contributed by atoms with Crippen molar-refractivity contribution in [3.8, 4) is 5.75 Å². The van der Waals surface area contributed by atoms with Gasteiger partial charge in [0, 0.05) is 47.0 Å². The van der Waals surface area contributed by atoms with E-state index in [4.69, 9.17) is 4.74 Å². The molecule has 2 N–H and O–H groups in total. The molecule has 0 unspecified atom stereocenters. The topological polar surface area (TPSA) is 72.4 Å². The van der Waals surface area contributed by atoms with Gasteiger partial charge in [0.1, 0.15) is 11.6 Å². The van der Waals surface area contributed by atoms with E-state index >= 15 is 0 Å². The van der Waals surface area contributed by atoms with Crippen LogP contribution in [0.25, 0.3) is 17.0 Å². The number of halogens is 1. The van der Waals surface area contributed by atoms with Gasteiger partial charge in [0.15, 0.2) is 0 Å². The Morgan fingerprint density at radius 3 is 2.83 bits per heavy atom.